The Hall–Kier alpha value is -1.96. The van der Waals surface area contributed by atoms with Crippen LogP contribution in [0.25, 0.3) is 5.82 Å². The lowest BCUT2D eigenvalue weighted by atomic mass is 10.4. The van der Waals surface area contributed by atoms with Gasteiger partial charge in [-0.3, -0.25) is 4.79 Å². The molecule has 2 heterocycles. The zero-order chi connectivity index (χ0) is 15.4. The maximum absolute atomic E-state index is 11.9. The molecule has 0 aromatic carbocycles. The molecule has 0 saturated carbocycles. The monoisotopic (exact) mass is 352 g/mol. The number of amides is 1. The molecular formula is C13H17BrN6O. The fraction of sp³-hybridized carbons (Fsp3) is 0.385. The second kappa shape index (κ2) is 6.66. The number of nitrogens with one attached hydrogen (secondary N) is 1. The molecule has 0 aliphatic rings. The molecule has 0 aliphatic heterocycles. The Balaban J connectivity index is 2.32. The molecule has 0 bridgehead atoms. The Morgan fingerprint density at radius 1 is 1.43 bits per heavy atom. The predicted molar refractivity (Wildman–Crippen MR) is 83.7 cm³/mol. The molecule has 0 radical (unpaired) electrons. The van der Waals surface area contributed by atoms with Crippen LogP contribution in [0, 0.1) is 0 Å². The lowest BCUT2D eigenvalue weighted by molar-refractivity contribution is 0.0821. The normalized spacial score (nSPS) is 10.5. The SMILES string of the molecule is CCCNc1ncnc(-n2ccc(C(=O)N(C)C)n2)c1Br. The van der Waals surface area contributed by atoms with E-state index in [9.17, 15) is 4.79 Å². The highest BCUT2D eigenvalue weighted by Crippen LogP contribution is 2.25. The second-order valence-electron chi connectivity index (χ2n) is 4.63. The summed E-state index contributed by atoms with van der Waals surface area (Å²) >= 11 is 3.48. The molecule has 112 valence electrons. The van der Waals surface area contributed by atoms with Crippen LogP contribution in [0.1, 0.15) is 23.8 Å². The van der Waals surface area contributed by atoms with Crippen LogP contribution in [0.15, 0.2) is 23.1 Å². The number of carbonyl (C=O) groups is 1. The Morgan fingerprint density at radius 2 is 2.19 bits per heavy atom. The average Bonchev–Trinajstić information content (AvgIpc) is 2.94. The van der Waals surface area contributed by atoms with Crippen molar-refractivity contribution in [3.05, 3.63) is 28.8 Å². The Kier molecular flexibility index (Phi) is 4.89. The first-order valence-electron chi connectivity index (χ1n) is 6.56. The minimum absolute atomic E-state index is 0.150. The van der Waals surface area contributed by atoms with E-state index in [1.807, 2.05) is 0 Å². The van der Waals surface area contributed by atoms with E-state index in [1.165, 1.54) is 11.2 Å². The van der Waals surface area contributed by atoms with Gasteiger partial charge in [0.2, 0.25) is 0 Å². The third-order valence-corrected chi connectivity index (χ3v) is 3.48. The highest BCUT2D eigenvalue weighted by atomic mass is 79.9. The van der Waals surface area contributed by atoms with Crippen LogP contribution in [0.2, 0.25) is 0 Å². The molecule has 0 aliphatic carbocycles. The smallest absolute Gasteiger partial charge is 0.273 e. The van der Waals surface area contributed by atoms with Crippen molar-refractivity contribution >= 4 is 27.7 Å². The van der Waals surface area contributed by atoms with E-state index in [-0.39, 0.29) is 5.91 Å². The Labute approximate surface area is 131 Å². The summed E-state index contributed by atoms with van der Waals surface area (Å²) < 4.78 is 2.27. The van der Waals surface area contributed by atoms with Crippen molar-refractivity contribution in [2.24, 2.45) is 0 Å². The van der Waals surface area contributed by atoms with Crippen LogP contribution in [0.4, 0.5) is 5.82 Å². The standard InChI is InChI=1S/C13H17BrN6O/c1-4-6-15-11-10(14)12(17-8-16-11)20-7-5-9(18-20)13(21)19(2)3/h5,7-8H,4,6H2,1-3H3,(H,15,16,17). The van der Waals surface area contributed by atoms with Crippen LogP contribution in [-0.4, -0.2) is 51.2 Å². The van der Waals surface area contributed by atoms with Gasteiger partial charge >= 0.3 is 0 Å². The first kappa shape index (κ1) is 15.4. The molecule has 0 spiro atoms. The predicted octanol–water partition coefficient (Wildman–Crippen LogP) is 1.95. The van der Waals surface area contributed by atoms with Gasteiger partial charge in [0.25, 0.3) is 5.91 Å². The molecule has 0 fully saturated rings. The third kappa shape index (κ3) is 3.38. The zero-order valence-electron chi connectivity index (χ0n) is 12.2. The maximum atomic E-state index is 11.9. The van der Waals surface area contributed by atoms with Gasteiger partial charge < -0.3 is 10.2 Å². The van der Waals surface area contributed by atoms with E-state index in [4.69, 9.17) is 0 Å². The van der Waals surface area contributed by atoms with Gasteiger partial charge in [-0.1, -0.05) is 6.92 Å². The van der Waals surface area contributed by atoms with Crippen LogP contribution in [0.5, 0.6) is 0 Å². The van der Waals surface area contributed by atoms with E-state index in [0.717, 1.165) is 13.0 Å². The molecule has 2 aromatic rings. The largest absolute Gasteiger partial charge is 0.369 e. The first-order chi connectivity index (χ1) is 10.0. The average molecular weight is 353 g/mol. The van der Waals surface area contributed by atoms with Crippen molar-refractivity contribution in [1.82, 2.24) is 24.6 Å². The van der Waals surface area contributed by atoms with Gasteiger partial charge in [-0.15, -0.1) is 0 Å². The first-order valence-corrected chi connectivity index (χ1v) is 7.36. The molecule has 2 rings (SSSR count). The molecule has 21 heavy (non-hydrogen) atoms. The van der Waals surface area contributed by atoms with Gasteiger partial charge in [0, 0.05) is 26.8 Å². The Bertz CT molecular complexity index is 639. The molecule has 8 heteroatoms. The van der Waals surface area contributed by atoms with Gasteiger partial charge in [0.15, 0.2) is 11.5 Å². The molecule has 2 aromatic heterocycles. The highest BCUT2D eigenvalue weighted by Gasteiger charge is 2.15. The summed E-state index contributed by atoms with van der Waals surface area (Å²) in [5.41, 5.74) is 0.369. The van der Waals surface area contributed by atoms with E-state index >= 15 is 0 Å². The van der Waals surface area contributed by atoms with Crippen LogP contribution in [0.3, 0.4) is 0 Å². The fourth-order valence-corrected chi connectivity index (χ4v) is 2.20. The van der Waals surface area contributed by atoms with Crippen LogP contribution in [-0.2, 0) is 0 Å². The van der Waals surface area contributed by atoms with Crippen molar-refractivity contribution in [2.75, 3.05) is 26.0 Å². The summed E-state index contributed by atoms with van der Waals surface area (Å²) in [4.78, 5) is 21.8. The lowest BCUT2D eigenvalue weighted by Crippen LogP contribution is -2.22. The van der Waals surface area contributed by atoms with Gasteiger partial charge in [-0.2, -0.15) is 5.10 Å². The molecule has 0 unspecified atom stereocenters. The summed E-state index contributed by atoms with van der Waals surface area (Å²) in [6.45, 7) is 2.90. The third-order valence-electron chi connectivity index (χ3n) is 2.74. The summed E-state index contributed by atoms with van der Waals surface area (Å²) in [5.74, 6) is 1.14. The number of anilines is 1. The van der Waals surface area contributed by atoms with Gasteiger partial charge in [-0.25, -0.2) is 14.6 Å². The van der Waals surface area contributed by atoms with Crippen molar-refractivity contribution in [3.63, 3.8) is 0 Å². The van der Waals surface area contributed by atoms with E-state index in [2.05, 4.69) is 43.2 Å². The number of carbonyl (C=O) groups excluding carboxylic acids is 1. The molecule has 1 amide bonds. The number of aromatic nitrogens is 4. The zero-order valence-corrected chi connectivity index (χ0v) is 13.8. The molecule has 0 saturated heterocycles. The summed E-state index contributed by atoms with van der Waals surface area (Å²) in [5, 5.41) is 7.47. The van der Waals surface area contributed by atoms with E-state index in [0.29, 0.717) is 21.8 Å². The lowest BCUT2D eigenvalue weighted by Gasteiger charge is -2.09. The molecule has 7 nitrogen and oxygen atoms in total. The van der Waals surface area contributed by atoms with Gasteiger partial charge in [0.05, 0.1) is 0 Å². The number of nitrogens with zero attached hydrogens (tertiary/aromatic N) is 5. The summed E-state index contributed by atoms with van der Waals surface area (Å²) in [6, 6.07) is 1.66. The fourth-order valence-electron chi connectivity index (χ4n) is 1.67. The Morgan fingerprint density at radius 3 is 2.86 bits per heavy atom. The van der Waals surface area contributed by atoms with Crippen molar-refractivity contribution < 1.29 is 4.79 Å². The van der Waals surface area contributed by atoms with E-state index < -0.39 is 0 Å². The minimum atomic E-state index is -0.150. The molecule has 0 atom stereocenters. The quantitative estimate of drug-likeness (QED) is 0.889. The number of halogens is 1. The summed E-state index contributed by atoms with van der Waals surface area (Å²) in [6.07, 6.45) is 4.16. The van der Waals surface area contributed by atoms with Gasteiger partial charge in [-0.05, 0) is 28.4 Å². The van der Waals surface area contributed by atoms with Crippen LogP contribution < -0.4 is 5.32 Å². The molecule has 1 N–H and O–H groups in total. The highest BCUT2D eigenvalue weighted by molar-refractivity contribution is 9.10. The maximum Gasteiger partial charge on any atom is 0.273 e. The van der Waals surface area contributed by atoms with Crippen molar-refractivity contribution in [3.8, 4) is 5.82 Å². The summed E-state index contributed by atoms with van der Waals surface area (Å²) in [7, 11) is 3.38. The number of hydrogen-bond acceptors (Lipinski definition) is 5. The van der Waals surface area contributed by atoms with E-state index in [1.54, 1.807) is 31.0 Å². The number of hydrogen-bond donors (Lipinski definition) is 1. The van der Waals surface area contributed by atoms with Crippen molar-refractivity contribution in [1.29, 1.82) is 0 Å². The van der Waals surface area contributed by atoms with Crippen molar-refractivity contribution in [2.45, 2.75) is 13.3 Å². The topological polar surface area (TPSA) is 75.9 Å². The van der Waals surface area contributed by atoms with Gasteiger partial charge in [0.1, 0.15) is 16.6 Å². The second-order valence-corrected chi connectivity index (χ2v) is 5.42. The minimum Gasteiger partial charge on any atom is -0.369 e. The number of rotatable bonds is 5. The van der Waals surface area contributed by atoms with Crippen LogP contribution >= 0.6 is 15.9 Å². The molecular weight excluding hydrogens is 336 g/mol.